The maximum Gasteiger partial charge on any atom is 0.0980 e. The van der Waals surface area contributed by atoms with Crippen molar-refractivity contribution in [1.29, 1.82) is 0 Å². The maximum atomic E-state index is 6.87. The van der Waals surface area contributed by atoms with Crippen molar-refractivity contribution in [1.82, 2.24) is 0 Å². The molecule has 0 aromatic heterocycles. The summed E-state index contributed by atoms with van der Waals surface area (Å²) < 4.78 is 6.87. The molecule has 3 fully saturated rings. The first-order valence-corrected chi connectivity index (χ1v) is 15.9. The SMILES string of the molecule is CC(C)(CC1CC1(C)c1ccccc1C(C)(C)CC1CC12OC(C)(C)c1ccccc12)c1ccccc1C1CC1. The molecule has 210 valence electrons. The molecule has 1 heteroatoms. The van der Waals surface area contributed by atoms with Crippen LogP contribution in [0.5, 0.6) is 0 Å². The summed E-state index contributed by atoms with van der Waals surface area (Å²) in [5, 5.41) is 0. The third-order valence-corrected chi connectivity index (χ3v) is 11.4. The lowest BCUT2D eigenvalue weighted by atomic mass is 9.72. The van der Waals surface area contributed by atoms with Gasteiger partial charge in [-0.1, -0.05) is 107 Å². The standard InChI is InChI=1S/C39H48O/c1-35(2,30-15-9-8-14-29(30)26-20-21-26)22-27-24-38(27,7)33-18-12-10-16-31(33)36(3,4)23-28-25-39(28)34-19-13-11-17-32(34)37(5,6)40-39/h8-19,26-28H,20-25H2,1-7H3. The van der Waals surface area contributed by atoms with Gasteiger partial charge in [0.1, 0.15) is 0 Å². The number of fused-ring (bicyclic) bond motifs is 2. The highest BCUT2D eigenvalue weighted by molar-refractivity contribution is 5.48. The van der Waals surface area contributed by atoms with E-state index in [9.17, 15) is 0 Å². The van der Waals surface area contributed by atoms with Crippen LogP contribution in [0.15, 0.2) is 72.8 Å². The zero-order chi connectivity index (χ0) is 28.1. The van der Waals surface area contributed by atoms with E-state index in [0.717, 1.165) is 24.7 Å². The zero-order valence-electron chi connectivity index (χ0n) is 25.8. The summed E-state index contributed by atoms with van der Waals surface area (Å²) in [6.07, 6.45) is 7.60. The highest BCUT2D eigenvalue weighted by Gasteiger charge is 2.65. The van der Waals surface area contributed by atoms with Crippen molar-refractivity contribution in [2.24, 2.45) is 11.8 Å². The average Bonchev–Trinajstić information content (AvgIpc) is 3.85. The van der Waals surface area contributed by atoms with E-state index in [1.165, 1.54) is 36.8 Å². The Hall–Kier alpha value is -2.38. The molecule has 1 aliphatic heterocycles. The molecule has 3 aliphatic carbocycles. The molecule has 3 aromatic carbocycles. The summed E-state index contributed by atoms with van der Waals surface area (Å²) in [7, 11) is 0. The maximum absolute atomic E-state index is 6.87. The molecule has 3 saturated carbocycles. The van der Waals surface area contributed by atoms with Crippen LogP contribution in [0.25, 0.3) is 0 Å². The molecule has 4 aliphatic rings. The normalized spacial score (nSPS) is 30.4. The minimum atomic E-state index is -0.201. The van der Waals surface area contributed by atoms with Gasteiger partial charge in [-0.15, -0.1) is 0 Å². The molecule has 0 N–H and O–H groups in total. The van der Waals surface area contributed by atoms with Crippen molar-refractivity contribution in [3.05, 3.63) is 106 Å². The van der Waals surface area contributed by atoms with E-state index in [2.05, 4.69) is 121 Å². The van der Waals surface area contributed by atoms with Crippen LogP contribution in [0.2, 0.25) is 0 Å². The number of benzene rings is 3. The van der Waals surface area contributed by atoms with Crippen molar-refractivity contribution >= 4 is 0 Å². The Morgan fingerprint density at radius 3 is 1.90 bits per heavy atom. The lowest BCUT2D eigenvalue weighted by Crippen LogP contribution is -2.26. The van der Waals surface area contributed by atoms with Gasteiger partial charge in [0.25, 0.3) is 0 Å². The molecular formula is C39H48O. The van der Waals surface area contributed by atoms with E-state index >= 15 is 0 Å². The molecule has 7 rings (SSSR count). The Morgan fingerprint density at radius 2 is 1.20 bits per heavy atom. The Labute approximate surface area is 242 Å². The molecule has 0 radical (unpaired) electrons. The summed E-state index contributed by atoms with van der Waals surface area (Å²) in [5.74, 6) is 2.10. The van der Waals surface area contributed by atoms with Crippen molar-refractivity contribution in [3.8, 4) is 0 Å². The van der Waals surface area contributed by atoms with Gasteiger partial charge in [-0.2, -0.15) is 0 Å². The first-order valence-electron chi connectivity index (χ1n) is 15.9. The van der Waals surface area contributed by atoms with Crippen LogP contribution >= 0.6 is 0 Å². The fraction of sp³-hybridized carbons (Fsp3) is 0.538. The average molecular weight is 533 g/mol. The fourth-order valence-corrected chi connectivity index (χ4v) is 8.91. The first-order chi connectivity index (χ1) is 18.9. The van der Waals surface area contributed by atoms with Gasteiger partial charge in [0.2, 0.25) is 0 Å². The van der Waals surface area contributed by atoms with Gasteiger partial charge in [-0.05, 0) is 120 Å². The minimum absolute atomic E-state index is 0.0860. The van der Waals surface area contributed by atoms with Gasteiger partial charge in [0, 0.05) is 0 Å². The molecule has 0 saturated heterocycles. The smallest absolute Gasteiger partial charge is 0.0980 e. The van der Waals surface area contributed by atoms with E-state index < -0.39 is 0 Å². The second-order valence-corrected chi connectivity index (χ2v) is 15.9. The van der Waals surface area contributed by atoms with Crippen molar-refractivity contribution < 1.29 is 4.74 Å². The van der Waals surface area contributed by atoms with Crippen LogP contribution in [0.1, 0.15) is 126 Å². The minimum Gasteiger partial charge on any atom is -0.359 e. The third-order valence-electron chi connectivity index (χ3n) is 11.4. The molecule has 0 bridgehead atoms. The van der Waals surface area contributed by atoms with Crippen LogP contribution in [0.4, 0.5) is 0 Å². The lowest BCUT2D eigenvalue weighted by molar-refractivity contribution is -0.0787. The molecule has 3 aromatic rings. The van der Waals surface area contributed by atoms with E-state index in [4.69, 9.17) is 4.74 Å². The highest BCUT2D eigenvalue weighted by Crippen LogP contribution is 2.67. The fourth-order valence-electron chi connectivity index (χ4n) is 8.91. The Balaban J connectivity index is 1.12. The van der Waals surface area contributed by atoms with Crippen LogP contribution in [-0.4, -0.2) is 0 Å². The topological polar surface area (TPSA) is 9.23 Å². The highest BCUT2D eigenvalue weighted by atomic mass is 16.5. The lowest BCUT2D eigenvalue weighted by Gasteiger charge is -2.33. The Bertz CT molecular complexity index is 1450. The van der Waals surface area contributed by atoms with Gasteiger partial charge < -0.3 is 4.74 Å². The summed E-state index contributed by atoms with van der Waals surface area (Å²) >= 11 is 0. The van der Waals surface area contributed by atoms with E-state index in [-0.39, 0.29) is 27.4 Å². The van der Waals surface area contributed by atoms with E-state index in [0.29, 0.717) is 5.92 Å². The monoisotopic (exact) mass is 532 g/mol. The molecule has 40 heavy (non-hydrogen) atoms. The predicted octanol–water partition coefficient (Wildman–Crippen LogP) is 10.1. The Morgan fingerprint density at radius 1 is 0.650 bits per heavy atom. The Kier molecular flexibility index (Phi) is 5.68. The van der Waals surface area contributed by atoms with E-state index in [1.807, 2.05) is 0 Å². The zero-order valence-corrected chi connectivity index (χ0v) is 25.8. The molecule has 4 unspecified atom stereocenters. The van der Waals surface area contributed by atoms with Crippen molar-refractivity contribution in [2.45, 2.75) is 120 Å². The van der Waals surface area contributed by atoms with E-state index in [1.54, 1.807) is 22.3 Å². The second kappa shape index (κ2) is 8.57. The molecule has 1 nitrogen and oxygen atoms in total. The van der Waals surface area contributed by atoms with Crippen molar-refractivity contribution in [3.63, 3.8) is 0 Å². The quantitative estimate of drug-likeness (QED) is 0.280. The second-order valence-electron chi connectivity index (χ2n) is 15.9. The summed E-state index contributed by atoms with van der Waals surface area (Å²) in [4.78, 5) is 0. The molecule has 1 heterocycles. The molecule has 0 amide bonds. The summed E-state index contributed by atoms with van der Waals surface area (Å²) in [6.45, 7) is 17.0. The van der Waals surface area contributed by atoms with Gasteiger partial charge in [0.05, 0.1) is 11.2 Å². The largest absolute Gasteiger partial charge is 0.359 e. The van der Waals surface area contributed by atoms with Crippen LogP contribution in [0, 0.1) is 11.8 Å². The summed E-state index contributed by atoms with van der Waals surface area (Å²) in [6, 6.07) is 27.7. The van der Waals surface area contributed by atoms with Gasteiger partial charge in [-0.25, -0.2) is 0 Å². The van der Waals surface area contributed by atoms with Crippen LogP contribution in [0.3, 0.4) is 0 Å². The number of hydrogen-bond donors (Lipinski definition) is 0. The number of rotatable bonds is 8. The molecule has 1 spiro atoms. The van der Waals surface area contributed by atoms with Gasteiger partial charge in [-0.3, -0.25) is 0 Å². The van der Waals surface area contributed by atoms with Crippen LogP contribution in [-0.2, 0) is 32.2 Å². The van der Waals surface area contributed by atoms with Gasteiger partial charge >= 0.3 is 0 Å². The van der Waals surface area contributed by atoms with Crippen molar-refractivity contribution in [2.75, 3.05) is 0 Å². The third kappa shape index (κ3) is 4.13. The van der Waals surface area contributed by atoms with Gasteiger partial charge in [0.15, 0.2) is 0 Å². The number of hydrogen-bond acceptors (Lipinski definition) is 1. The molecule has 4 atom stereocenters. The summed E-state index contributed by atoms with van der Waals surface area (Å²) in [5.41, 5.74) is 9.47. The first kappa shape index (κ1) is 26.5. The predicted molar refractivity (Wildman–Crippen MR) is 166 cm³/mol. The number of ether oxygens (including phenoxy) is 1. The van der Waals surface area contributed by atoms with Crippen LogP contribution < -0.4 is 0 Å². The molecular weight excluding hydrogens is 484 g/mol.